The van der Waals surface area contributed by atoms with Gasteiger partial charge in [0.05, 0.1) is 6.54 Å². The summed E-state index contributed by atoms with van der Waals surface area (Å²) in [6.45, 7) is 2.14. The van der Waals surface area contributed by atoms with Gasteiger partial charge in [-0.1, -0.05) is 17.4 Å². The number of benzene rings is 1. The molecule has 20 heavy (non-hydrogen) atoms. The van der Waals surface area contributed by atoms with Crippen LogP contribution in [0.5, 0.6) is 0 Å². The van der Waals surface area contributed by atoms with E-state index in [0.717, 1.165) is 36.5 Å². The van der Waals surface area contributed by atoms with E-state index in [1.165, 1.54) is 11.1 Å². The highest BCUT2D eigenvalue weighted by Crippen LogP contribution is 2.15. The fourth-order valence-electron chi connectivity index (χ4n) is 2.30. The number of rotatable bonds is 3. The van der Waals surface area contributed by atoms with Crippen LogP contribution in [0.1, 0.15) is 27.2 Å². The molecule has 0 saturated carbocycles. The molecular formula is C14H15N3O2S. The summed E-state index contributed by atoms with van der Waals surface area (Å²) >= 11 is 1.10. The van der Waals surface area contributed by atoms with Gasteiger partial charge in [0.2, 0.25) is 0 Å². The Morgan fingerprint density at radius 1 is 1.35 bits per heavy atom. The number of hydrogen-bond acceptors (Lipinski definition) is 4. The van der Waals surface area contributed by atoms with Crippen LogP contribution in [0, 0.1) is 0 Å². The third kappa shape index (κ3) is 2.81. The molecule has 1 amide bonds. The highest BCUT2D eigenvalue weighted by molar-refractivity contribution is 7.07. The van der Waals surface area contributed by atoms with Crippen LogP contribution < -0.4 is 15.5 Å². The molecule has 0 radical (unpaired) electrons. The Bertz CT molecular complexity index is 690. The lowest BCUT2D eigenvalue weighted by Crippen LogP contribution is -2.26. The number of carbonyl (C=O) groups excluding carboxylic acids is 1. The summed E-state index contributed by atoms with van der Waals surface area (Å²) in [6, 6.07) is 5.82. The summed E-state index contributed by atoms with van der Waals surface area (Å²) in [6.07, 6.45) is 1.01. The van der Waals surface area contributed by atoms with Gasteiger partial charge in [-0.15, -0.1) is 0 Å². The number of fused-ring (bicyclic) bond motifs is 1. The maximum absolute atomic E-state index is 12.1. The zero-order valence-corrected chi connectivity index (χ0v) is 11.7. The normalized spacial score (nSPS) is 13.8. The van der Waals surface area contributed by atoms with Gasteiger partial charge < -0.3 is 15.6 Å². The molecule has 1 aromatic heterocycles. The van der Waals surface area contributed by atoms with Gasteiger partial charge in [-0.3, -0.25) is 9.59 Å². The lowest BCUT2D eigenvalue weighted by atomic mass is 9.98. The number of H-pyrrole nitrogens is 1. The molecule has 0 aliphatic carbocycles. The topological polar surface area (TPSA) is 74.0 Å². The van der Waals surface area contributed by atoms with Gasteiger partial charge >= 0.3 is 4.87 Å². The van der Waals surface area contributed by atoms with Crippen LogP contribution in [0.2, 0.25) is 0 Å². The van der Waals surface area contributed by atoms with Crippen molar-refractivity contribution in [3.8, 4) is 0 Å². The van der Waals surface area contributed by atoms with Crippen molar-refractivity contribution in [2.24, 2.45) is 0 Å². The maximum Gasteiger partial charge on any atom is 0.304 e. The van der Waals surface area contributed by atoms with Crippen LogP contribution in [-0.2, 0) is 19.5 Å². The van der Waals surface area contributed by atoms with Crippen LogP contribution in [0.4, 0.5) is 0 Å². The molecule has 0 spiro atoms. The molecule has 0 saturated heterocycles. The molecule has 1 aliphatic heterocycles. The molecule has 3 rings (SSSR count). The fourth-order valence-corrected chi connectivity index (χ4v) is 2.88. The first-order valence-electron chi connectivity index (χ1n) is 6.50. The molecule has 1 aromatic carbocycles. The summed E-state index contributed by atoms with van der Waals surface area (Å²) in [5.41, 5.74) is 3.88. The van der Waals surface area contributed by atoms with Crippen molar-refractivity contribution >= 4 is 17.2 Å². The summed E-state index contributed by atoms with van der Waals surface area (Å²) in [5.74, 6) is -0.120. The Labute approximate surface area is 120 Å². The first kappa shape index (κ1) is 13.1. The second-order valence-corrected chi connectivity index (χ2v) is 5.61. The minimum Gasteiger partial charge on any atom is -0.346 e. The van der Waals surface area contributed by atoms with Crippen molar-refractivity contribution in [3.05, 3.63) is 55.6 Å². The van der Waals surface area contributed by atoms with Gasteiger partial charge in [-0.05, 0) is 36.2 Å². The highest BCUT2D eigenvalue weighted by Gasteiger charge is 2.12. The second kappa shape index (κ2) is 5.60. The molecular weight excluding hydrogens is 274 g/mol. The van der Waals surface area contributed by atoms with Gasteiger partial charge in [-0.25, -0.2) is 0 Å². The molecule has 0 bridgehead atoms. The molecule has 1 aliphatic rings. The van der Waals surface area contributed by atoms with Crippen LogP contribution in [0.25, 0.3) is 0 Å². The van der Waals surface area contributed by atoms with Gasteiger partial charge in [-0.2, -0.15) is 0 Å². The van der Waals surface area contributed by atoms with Gasteiger partial charge in [0, 0.05) is 23.2 Å². The Hall–Kier alpha value is -1.92. The van der Waals surface area contributed by atoms with E-state index in [4.69, 9.17) is 0 Å². The van der Waals surface area contributed by atoms with Crippen molar-refractivity contribution in [2.45, 2.75) is 19.5 Å². The van der Waals surface area contributed by atoms with E-state index >= 15 is 0 Å². The van der Waals surface area contributed by atoms with Crippen molar-refractivity contribution in [1.82, 2.24) is 15.6 Å². The smallest absolute Gasteiger partial charge is 0.304 e. The molecule has 2 heterocycles. The molecule has 0 unspecified atom stereocenters. The Kier molecular flexibility index (Phi) is 3.66. The number of carbonyl (C=O) groups is 1. The standard InChI is InChI=1S/C14H15N3O2S/c18-13(16-7-12-8-20-14(19)17-12)10-2-1-9-3-4-15-6-11(9)5-10/h1-2,5,8,15H,3-4,6-7H2,(H,16,18)(H,17,19). The van der Waals surface area contributed by atoms with Crippen LogP contribution in [-0.4, -0.2) is 17.4 Å². The monoisotopic (exact) mass is 289 g/mol. The number of hydrogen-bond donors (Lipinski definition) is 3. The number of amides is 1. The van der Waals surface area contributed by atoms with E-state index in [-0.39, 0.29) is 10.8 Å². The van der Waals surface area contributed by atoms with Gasteiger partial charge in [0.25, 0.3) is 5.91 Å². The summed E-state index contributed by atoms with van der Waals surface area (Å²) in [4.78, 5) is 25.7. The fraction of sp³-hybridized carbons (Fsp3) is 0.286. The predicted octanol–water partition coefficient (Wildman–Crippen LogP) is 1.01. The van der Waals surface area contributed by atoms with Crippen molar-refractivity contribution in [1.29, 1.82) is 0 Å². The molecule has 6 heteroatoms. The zero-order valence-electron chi connectivity index (χ0n) is 10.9. The minimum absolute atomic E-state index is 0.103. The molecule has 5 nitrogen and oxygen atoms in total. The highest BCUT2D eigenvalue weighted by atomic mass is 32.1. The average molecular weight is 289 g/mol. The van der Waals surface area contributed by atoms with Crippen molar-refractivity contribution in [2.75, 3.05) is 6.54 Å². The molecule has 3 N–H and O–H groups in total. The number of nitrogens with one attached hydrogen (secondary N) is 3. The predicted molar refractivity (Wildman–Crippen MR) is 78.0 cm³/mol. The van der Waals surface area contributed by atoms with E-state index in [1.54, 1.807) is 5.38 Å². The molecule has 0 atom stereocenters. The van der Waals surface area contributed by atoms with E-state index in [0.29, 0.717) is 12.1 Å². The summed E-state index contributed by atoms with van der Waals surface area (Å²) in [5, 5.41) is 7.83. The van der Waals surface area contributed by atoms with E-state index in [2.05, 4.69) is 15.6 Å². The van der Waals surface area contributed by atoms with E-state index < -0.39 is 0 Å². The SMILES string of the molecule is O=C(NCc1csc(=O)[nH]1)c1ccc2c(c1)CNCC2. The lowest BCUT2D eigenvalue weighted by Gasteiger charge is -2.17. The second-order valence-electron chi connectivity index (χ2n) is 4.77. The number of aromatic amines is 1. The van der Waals surface area contributed by atoms with Gasteiger partial charge in [0.1, 0.15) is 0 Å². The number of aromatic nitrogens is 1. The zero-order chi connectivity index (χ0) is 13.9. The average Bonchev–Trinajstić information content (AvgIpc) is 2.90. The van der Waals surface area contributed by atoms with Crippen molar-refractivity contribution < 1.29 is 4.79 Å². The summed E-state index contributed by atoms with van der Waals surface area (Å²) in [7, 11) is 0. The quantitative estimate of drug-likeness (QED) is 0.789. The van der Waals surface area contributed by atoms with Crippen LogP contribution >= 0.6 is 11.3 Å². The molecule has 2 aromatic rings. The van der Waals surface area contributed by atoms with E-state index in [9.17, 15) is 9.59 Å². The Morgan fingerprint density at radius 3 is 3.05 bits per heavy atom. The number of thiazole rings is 1. The summed E-state index contributed by atoms with van der Waals surface area (Å²) < 4.78 is 0. The van der Waals surface area contributed by atoms with Gasteiger partial charge in [0.15, 0.2) is 0 Å². The third-order valence-corrected chi connectivity index (χ3v) is 4.08. The first-order chi connectivity index (χ1) is 9.72. The Morgan fingerprint density at radius 2 is 2.25 bits per heavy atom. The Balaban J connectivity index is 1.69. The first-order valence-corrected chi connectivity index (χ1v) is 7.38. The minimum atomic E-state index is -0.120. The molecule has 104 valence electrons. The van der Waals surface area contributed by atoms with Crippen LogP contribution in [0.15, 0.2) is 28.4 Å². The third-order valence-electron chi connectivity index (χ3n) is 3.37. The van der Waals surface area contributed by atoms with Crippen molar-refractivity contribution in [3.63, 3.8) is 0 Å². The van der Waals surface area contributed by atoms with E-state index in [1.807, 2.05) is 18.2 Å². The molecule has 0 fully saturated rings. The largest absolute Gasteiger partial charge is 0.346 e. The maximum atomic E-state index is 12.1. The van der Waals surface area contributed by atoms with Crippen LogP contribution in [0.3, 0.4) is 0 Å². The lowest BCUT2D eigenvalue weighted by molar-refractivity contribution is 0.0950.